The fourth-order valence-electron chi connectivity index (χ4n) is 1.21. The number of carbonyl (C=O) groups is 2. The first-order valence-corrected chi connectivity index (χ1v) is 5.07. The number of rotatable bonds is 6. The van der Waals surface area contributed by atoms with E-state index in [1.807, 2.05) is 13.8 Å². The predicted molar refractivity (Wildman–Crippen MR) is 54.9 cm³/mol. The molecule has 0 saturated carbocycles. The molecule has 0 fully saturated rings. The fourth-order valence-corrected chi connectivity index (χ4v) is 1.21. The first kappa shape index (κ1) is 13.1. The van der Waals surface area contributed by atoms with Gasteiger partial charge in [-0.15, -0.1) is 0 Å². The number of ether oxygens (including phenoxy) is 1. The maximum atomic E-state index is 11.4. The summed E-state index contributed by atoms with van der Waals surface area (Å²) in [7, 11) is 0. The van der Waals surface area contributed by atoms with Crippen molar-refractivity contribution in [3.63, 3.8) is 0 Å². The first-order valence-electron chi connectivity index (χ1n) is 5.07. The van der Waals surface area contributed by atoms with Gasteiger partial charge < -0.3 is 9.53 Å². The van der Waals surface area contributed by atoms with Crippen molar-refractivity contribution >= 4 is 11.8 Å². The van der Waals surface area contributed by atoms with Crippen LogP contribution in [0.15, 0.2) is 0 Å². The van der Waals surface area contributed by atoms with Crippen LogP contribution in [-0.4, -0.2) is 18.4 Å². The third-order valence-corrected chi connectivity index (χ3v) is 2.16. The SMILES string of the molecule is CCOC(=O)C(C)(C)CCCC(C)=O. The van der Waals surface area contributed by atoms with Gasteiger partial charge in [-0.05, 0) is 40.5 Å². The van der Waals surface area contributed by atoms with Crippen LogP contribution in [-0.2, 0) is 14.3 Å². The molecule has 3 heteroatoms. The average molecular weight is 200 g/mol. The Morgan fingerprint density at radius 3 is 2.29 bits per heavy atom. The van der Waals surface area contributed by atoms with Gasteiger partial charge in [-0.1, -0.05) is 0 Å². The van der Waals surface area contributed by atoms with Gasteiger partial charge in [0.1, 0.15) is 5.78 Å². The van der Waals surface area contributed by atoms with Crippen LogP contribution in [0.25, 0.3) is 0 Å². The first-order chi connectivity index (χ1) is 6.40. The Morgan fingerprint density at radius 1 is 1.29 bits per heavy atom. The molecule has 0 aromatic rings. The minimum absolute atomic E-state index is 0.171. The summed E-state index contributed by atoms with van der Waals surface area (Å²) in [5.41, 5.74) is -0.467. The monoisotopic (exact) mass is 200 g/mol. The van der Waals surface area contributed by atoms with Crippen LogP contribution < -0.4 is 0 Å². The molecule has 0 aliphatic carbocycles. The van der Waals surface area contributed by atoms with Gasteiger partial charge in [0.2, 0.25) is 0 Å². The Bertz CT molecular complexity index is 207. The van der Waals surface area contributed by atoms with Crippen LogP contribution in [0.4, 0.5) is 0 Å². The predicted octanol–water partition coefficient (Wildman–Crippen LogP) is 2.33. The van der Waals surface area contributed by atoms with Gasteiger partial charge in [-0.3, -0.25) is 4.79 Å². The molecule has 0 saturated heterocycles. The number of hydrogen-bond donors (Lipinski definition) is 0. The van der Waals surface area contributed by atoms with Crippen LogP contribution in [0.2, 0.25) is 0 Å². The number of Topliss-reactive ketones (excluding diaryl/α,β-unsaturated/α-hetero) is 1. The summed E-state index contributed by atoms with van der Waals surface area (Å²) in [5, 5.41) is 0. The van der Waals surface area contributed by atoms with E-state index in [1.165, 1.54) is 0 Å². The van der Waals surface area contributed by atoms with Crippen LogP contribution in [0.3, 0.4) is 0 Å². The minimum Gasteiger partial charge on any atom is -0.466 e. The van der Waals surface area contributed by atoms with Crippen molar-refractivity contribution in [3.8, 4) is 0 Å². The number of esters is 1. The lowest BCUT2D eigenvalue weighted by atomic mass is 9.87. The Morgan fingerprint density at radius 2 is 1.86 bits per heavy atom. The molecule has 0 aliphatic heterocycles. The maximum absolute atomic E-state index is 11.4. The number of ketones is 1. The summed E-state index contributed by atoms with van der Waals surface area (Å²) in [5.74, 6) is -0.00629. The van der Waals surface area contributed by atoms with Crippen molar-refractivity contribution in [1.29, 1.82) is 0 Å². The van der Waals surface area contributed by atoms with Gasteiger partial charge >= 0.3 is 5.97 Å². The van der Waals surface area contributed by atoms with Gasteiger partial charge in [-0.25, -0.2) is 0 Å². The topological polar surface area (TPSA) is 43.4 Å². The van der Waals surface area contributed by atoms with Crippen LogP contribution in [0.5, 0.6) is 0 Å². The standard InChI is InChI=1S/C11H20O3/c1-5-14-10(13)11(3,4)8-6-7-9(2)12/h5-8H2,1-4H3. The van der Waals surface area contributed by atoms with E-state index >= 15 is 0 Å². The van der Waals surface area contributed by atoms with Crippen molar-refractivity contribution in [1.82, 2.24) is 0 Å². The zero-order valence-corrected chi connectivity index (χ0v) is 9.55. The molecule has 0 aliphatic rings. The van der Waals surface area contributed by atoms with Gasteiger partial charge in [-0.2, -0.15) is 0 Å². The minimum atomic E-state index is -0.467. The highest BCUT2D eigenvalue weighted by molar-refractivity contribution is 5.77. The van der Waals surface area contributed by atoms with Crippen molar-refractivity contribution in [2.75, 3.05) is 6.61 Å². The summed E-state index contributed by atoms with van der Waals surface area (Å²) in [6, 6.07) is 0. The van der Waals surface area contributed by atoms with E-state index in [9.17, 15) is 9.59 Å². The molecule has 0 amide bonds. The molecule has 0 heterocycles. The lowest BCUT2D eigenvalue weighted by Gasteiger charge is -2.21. The second kappa shape index (κ2) is 5.78. The van der Waals surface area contributed by atoms with E-state index < -0.39 is 5.41 Å². The molecule has 0 unspecified atom stereocenters. The molecular weight excluding hydrogens is 180 g/mol. The molecule has 0 radical (unpaired) electrons. The van der Waals surface area contributed by atoms with Crippen LogP contribution in [0.1, 0.15) is 47.0 Å². The second-order valence-electron chi connectivity index (χ2n) is 4.16. The normalized spacial score (nSPS) is 11.1. The molecule has 3 nitrogen and oxygen atoms in total. The summed E-state index contributed by atoms with van der Waals surface area (Å²) in [4.78, 5) is 22.1. The molecule has 0 spiro atoms. The highest BCUT2D eigenvalue weighted by atomic mass is 16.5. The smallest absolute Gasteiger partial charge is 0.311 e. The Kier molecular flexibility index (Phi) is 5.43. The van der Waals surface area contributed by atoms with Gasteiger partial charge in [0.15, 0.2) is 0 Å². The molecule has 14 heavy (non-hydrogen) atoms. The zero-order valence-electron chi connectivity index (χ0n) is 9.55. The van der Waals surface area contributed by atoms with Crippen molar-refractivity contribution in [2.24, 2.45) is 5.41 Å². The van der Waals surface area contributed by atoms with Crippen molar-refractivity contribution in [3.05, 3.63) is 0 Å². The van der Waals surface area contributed by atoms with Crippen LogP contribution >= 0.6 is 0 Å². The lowest BCUT2D eigenvalue weighted by Crippen LogP contribution is -2.26. The van der Waals surface area contributed by atoms with Crippen molar-refractivity contribution in [2.45, 2.75) is 47.0 Å². The summed E-state index contributed by atoms with van der Waals surface area (Å²) in [6.45, 7) is 7.48. The third-order valence-electron chi connectivity index (χ3n) is 2.16. The molecule has 82 valence electrons. The lowest BCUT2D eigenvalue weighted by molar-refractivity contribution is -0.154. The van der Waals surface area contributed by atoms with Gasteiger partial charge in [0.25, 0.3) is 0 Å². The highest BCUT2D eigenvalue weighted by Crippen LogP contribution is 2.24. The van der Waals surface area contributed by atoms with E-state index in [-0.39, 0.29) is 11.8 Å². The van der Waals surface area contributed by atoms with E-state index in [2.05, 4.69) is 0 Å². The Balaban J connectivity index is 3.93. The highest BCUT2D eigenvalue weighted by Gasteiger charge is 2.28. The molecule has 0 N–H and O–H groups in total. The van der Waals surface area contributed by atoms with Crippen LogP contribution in [0, 0.1) is 5.41 Å². The zero-order chi connectivity index (χ0) is 11.2. The van der Waals surface area contributed by atoms with E-state index in [0.717, 1.165) is 6.42 Å². The largest absolute Gasteiger partial charge is 0.466 e. The third kappa shape index (κ3) is 5.00. The number of carbonyl (C=O) groups excluding carboxylic acids is 2. The van der Waals surface area contributed by atoms with E-state index in [0.29, 0.717) is 19.4 Å². The van der Waals surface area contributed by atoms with E-state index in [4.69, 9.17) is 4.74 Å². The Hall–Kier alpha value is -0.860. The molecule has 0 aromatic heterocycles. The average Bonchev–Trinajstić information content (AvgIpc) is 2.03. The molecule has 0 atom stereocenters. The summed E-state index contributed by atoms with van der Waals surface area (Å²) in [6.07, 6.45) is 2.00. The van der Waals surface area contributed by atoms with Gasteiger partial charge in [0, 0.05) is 6.42 Å². The second-order valence-corrected chi connectivity index (χ2v) is 4.16. The number of hydrogen-bond acceptors (Lipinski definition) is 3. The van der Waals surface area contributed by atoms with Crippen molar-refractivity contribution < 1.29 is 14.3 Å². The fraction of sp³-hybridized carbons (Fsp3) is 0.818. The molecule has 0 bridgehead atoms. The quantitative estimate of drug-likeness (QED) is 0.618. The maximum Gasteiger partial charge on any atom is 0.311 e. The van der Waals surface area contributed by atoms with Gasteiger partial charge in [0.05, 0.1) is 12.0 Å². The molecule has 0 aromatic carbocycles. The summed E-state index contributed by atoms with van der Waals surface area (Å²) < 4.78 is 4.94. The molecular formula is C11H20O3. The summed E-state index contributed by atoms with van der Waals surface area (Å²) >= 11 is 0. The Labute approximate surface area is 85.8 Å². The van der Waals surface area contributed by atoms with E-state index in [1.54, 1.807) is 13.8 Å². The molecule has 0 rings (SSSR count).